The van der Waals surface area contributed by atoms with Gasteiger partial charge in [0.15, 0.2) is 0 Å². The second kappa shape index (κ2) is 9.82. The maximum atomic E-state index is 12.9. The molecule has 0 radical (unpaired) electrons. The van der Waals surface area contributed by atoms with Crippen molar-refractivity contribution < 1.29 is 4.79 Å². The standard InChI is InChI=1S/C24H22Cl2N6OS/c1-34-9-6-19(23-29-18-5-4-14(25)10-21(18)31-23)30-22-16-11-17(26)15(12-20(16)27-13-28-22)24(33)32-7-2-3-8-32/h2-5,10-13,19H,6-9H2,1H3,(H,29,31)(H,27,28,30). The first-order chi connectivity index (χ1) is 16.5. The number of thioether (sulfide) groups is 1. The zero-order valence-corrected chi connectivity index (χ0v) is 20.7. The second-order valence-electron chi connectivity index (χ2n) is 8.01. The molecule has 4 aromatic rings. The van der Waals surface area contributed by atoms with Crippen LogP contribution in [0.1, 0.15) is 28.6 Å². The van der Waals surface area contributed by atoms with Crippen LogP contribution in [0.4, 0.5) is 5.82 Å². The van der Waals surface area contributed by atoms with Crippen LogP contribution in [-0.2, 0) is 0 Å². The van der Waals surface area contributed by atoms with Gasteiger partial charge in [-0.05, 0) is 48.8 Å². The number of carbonyl (C=O) groups is 1. The average molecular weight is 513 g/mol. The summed E-state index contributed by atoms with van der Waals surface area (Å²) >= 11 is 14.5. The third-order valence-corrected chi connectivity index (χ3v) is 6.97. The molecule has 1 aliphatic rings. The van der Waals surface area contributed by atoms with E-state index in [2.05, 4.69) is 26.5 Å². The number of H-pyrrole nitrogens is 1. The van der Waals surface area contributed by atoms with Gasteiger partial charge in [0, 0.05) is 23.5 Å². The molecule has 1 amide bonds. The highest BCUT2D eigenvalue weighted by Crippen LogP contribution is 2.31. The molecule has 174 valence electrons. The molecule has 5 rings (SSSR count). The monoisotopic (exact) mass is 512 g/mol. The van der Waals surface area contributed by atoms with Gasteiger partial charge in [0.2, 0.25) is 0 Å². The molecule has 0 bridgehead atoms. The van der Waals surface area contributed by atoms with Gasteiger partial charge < -0.3 is 15.2 Å². The summed E-state index contributed by atoms with van der Waals surface area (Å²) < 4.78 is 0. The first-order valence-electron chi connectivity index (χ1n) is 10.8. The van der Waals surface area contributed by atoms with Gasteiger partial charge in [-0.15, -0.1) is 0 Å². The molecule has 0 saturated heterocycles. The predicted molar refractivity (Wildman–Crippen MR) is 140 cm³/mol. The SMILES string of the molecule is CSCCC(Nc1ncnc2cc(C(=O)N3CC=CC3)c(Cl)cc12)c1nc2cc(Cl)ccc2[nH]1. The summed E-state index contributed by atoms with van der Waals surface area (Å²) in [7, 11) is 0. The van der Waals surface area contributed by atoms with Crippen molar-refractivity contribution >= 4 is 68.6 Å². The number of benzene rings is 2. The van der Waals surface area contributed by atoms with E-state index in [9.17, 15) is 4.79 Å². The number of carbonyl (C=O) groups excluding carboxylic acids is 1. The van der Waals surface area contributed by atoms with Gasteiger partial charge in [-0.2, -0.15) is 11.8 Å². The molecule has 1 atom stereocenters. The Bertz CT molecular complexity index is 1400. The van der Waals surface area contributed by atoms with Gasteiger partial charge in [0.25, 0.3) is 5.91 Å². The van der Waals surface area contributed by atoms with Crippen LogP contribution in [-0.4, -0.2) is 55.8 Å². The topological polar surface area (TPSA) is 86.8 Å². The lowest BCUT2D eigenvalue weighted by atomic mass is 10.1. The normalized spacial score (nSPS) is 14.3. The zero-order chi connectivity index (χ0) is 23.7. The number of hydrogen-bond donors (Lipinski definition) is 2. The maximum absolute atomic E-state index is 12.9. The molecule has 0 fully saturated rings. The highest BCUT2D eigenvalue weighted by molar-refractivity contribution is 7.98. The van der Waals surface area contributed by atoms with Crippen LogP contribution < -0.4 is 5.32 Å². The van der Waals surface area contributed by atoms with Crippen LogP contribution in [0, 0.1) is 0 Å². The molecule has 10 heteroatoms. The van der Waals surface area contributed by atoms with E-state index in [1.807, 2.05) is 30.4 Å². The Morgan fingerprint density at radius 1 is 1.18 bits per heavy atom. The third-order valence-electron chi connectivity index (χ3n) is 5.78. The van der Waals surface area contributed by atoms with Crippen molar-refractivity contribution in [2.24, 2.45) is 0 Å². The Labute approximate surface area is 211 Å². The van der Waals surface area contributed by atoms with Gasteiger partial charge in [-0.25, -0.2) is 15.0 Å². The van der Waals surface area contributed by atoms with E-state index >= 15 is 0 Å². The minimum Gasteiger partial charge on any atom is -0.359 e. The number of fused-ring (bicyclic) bond motifs is 2. The molecule has 2 aromatic heterocycles. The largest absolute Gasteiger partial charge is 0.359 e. The molecule has 3 heterocycles. The fourth-order valence-corrected chi connectivity index (χ4v) is 4.89. The number of halogens is 2. The molecule has 2 N–H and O–H groups in total. The number of aromatic nitrogens is 4. The summed E-state index contributed by atoms with van der Waals surface area (Å²) in [5.74, 6) is 2.27. The van der Waals surface area contributed by atoms with E-state index in [0.29, 0.717) is 40.0 Å². The van der Waals surface area contributed by atoms with Crippen molar-refractivity contribution in [2.45, 2.75) is 12.5 Å². The molecule has 0 saturated carbocycles. The number of rotatable bonds is 7. The molecule has 2 aromatic carbocycles. The number of nitrogens with one attached hydrogen (secondary N) is 2. The van der Waals surface area contributed by atoms with Crippen LogP contribution in [0.25, 0.3) is 21.9 Å². The number of nitrogens with zero attached hydrogens (tertiary/aromatic N) is 4. The Balaban J connectivity index is 1.49. The zero-order valence-electron chi connectivity index (χ0n) is 18.4. The van der Waals surface area contributed by atoms with Gasteiger partial charge in [-0.1, -0.05) is 35.4 Å². The Kier molecular flexibility index (Phi) is 6.63. The van der Waals surface area contributed by atoms with E-state index in [-0.39, 0.29) is 11.9 Å². The second-order valence-corrected chi connectivity index (χ2v) is 9.84. The highest BCUT2D eigenvalue weighted by atomic mass is 35.5. The molecule has 1 unspecified atom stereocenters. The smallest absolute Gasteiger partial charge is 0.256 e. The van der Waals surface area contributed by atoms with Crippen molar-refractivity contribution in [3.63, 3.8) is 0 Å². The number of aromatic amines is 1. The van der Waals surface area contributed by atoms with Gasteiger partial charge >= 0.3 is 0 Å². The first-order valence-corrected chi connectivity index (χ1v) is 13.0. The fourth-order valence-electron chi connectivity index (χ4n) is 4.01. The molecule has 0 aliphatic carbocycles. The highest BCUT2D eigenvalue weighted by Gasteiger charge is 2.22. The van der Waals surface area contributed by atoms with E-state index in [1.165, 1.54) is 6.33 Å². The number of hydrogen-bond acceptors (Lipinski definition) is 6. The van der Waals surface area contributed by atoms with Crippen LogP contribution in [0.2, 0.25) is 10.0 Å². The summed E-state index contributed by atoms with van der Waals surface area (Å²) in [6.45, 7) is 1.17. The molecule has 1 aliphatic heterocycles. The summed E-state index contributed by atoms with van der Waals surface area (Å²) in [6, 6.07) is 9.00. The van der Waals surface area contributed by atoms with Crippen molar-refractivity contribution in [2.75, 3.05) is 30.4 Å². The quantitative estimate of drug-likeness (QED) is 0.307. The summed E-state index contributed by atoms with van der Waals surface area (Å²) in [5, 5.41) is 5.29. The van der Waals surface area contributed by atoms with Crippen LogP contribution in [0.15, 0.2) is 48.8 Å². The Hall–Kier alpha value is -2.81. The Morgan fingerprint density at radius 3 is 2.79 bits per heavy atom. The van der Waals surface area contributed by atoms with E-state index in [0.717, 1.165) is 34.4 Å². The minimum absolute atomic E-state index is 0.108. The van der Waals surface area contributed by atoms with Crippen LogP contribution in [0.5, 0.6) is 0 Å². The third kappa shape index (κ3) is 4.58. The molecular weight excluding hydrogens is 491 g/mol. The number of imidazole rings is 1. The Morgan fingerprint density at radius 2 is 2.00 bits per heavy atom. The fraction of sp³-hybridized carbons (Fsp3) is 0.250. The summed E-state index contributed by atoms with van der Waals surface area (Å²) in [4.78, 5) is 31.7. The van der Waals surface area contributed by atoms with E-state index in [4.69, 9.17) is 28.2 Å². The van der Waals surface area contributed by atoms with Gasteiger partial charge in [0.05, 0.1) is 33.2 Å². The van der Waals surface area contributed by atoms with Crippen molar-refractivity contribution in [3.05, 3.63) is 70.2 Å². The first kappa shape index (κ1) is 23.0. The van der Waals surface area contributed by atoms with Crippen molar-refractivity contribution in [3.8, 4) is 0 Å². The lowest BCUT2D eigenvalue weighted by molar-refractivity contribution is 0.0800. The molecule has 0 spiro atoms. The van der Waals surface area contributed by atoms with Crippen LogP contribution in [0.3, 0.4) is 0 Å². The minimum atomic E-state index is -0.118. The molecule has 34 heavy (non-hydrogen) atoms. The molecular formula is C24H22Cl2N6OS. The lowest BCUT2D eigenvalue weighted by Gasteiger charge is -2.19. The van der Waals surface area contributed by atoms with E-state index in [1.54, 1.807) is 28.8 Å². The van der Waals surface area contributed by atoms with Crippen molar-refractivity contribution in [1.29, 1.82) is 0 Å². The summed E-state index contributed by atoms with van der Waals surface area (Å²) in [5.41, 5.74) is 2.83. The number of anilines is 1. The number of amides is 1. The van der Waals surface area contributed by atoms with Crippen LogP contribution >= 0.6 is 35.0 Å². The van der Waals surface area contributed by atoms with Gasteiger partial charge in [-0.3, -0.25) is 4.79 Å². The summed E-state index contributed by atoms with van der Waals surface area (Å²) in [6.07, 6.45) is 8.33. The van der Waals surface area contributed by atoms with Gasteiger partial charge in [0.1, 0.15) is 18.0 Å². The molecule has 7 nitrogen and oxygen atoms in total. The van der Waals surface area contributed by atoms with Crippen molar-refractivity contribution in [1.82, 2.24) is 24.8 Å². The predicted octanol–water partition coefficient (Wildman–Crippen LogP) is 5.73. The van der Waals surface area contributed by atoms with E-state index < -0.39 is 0 Å². The lowest BCUT2D eigenvalue weighted by Crippen LogP contribution is -2.28. The average Bonchev–Trinajstić information content (AvgIpc) is 3.51. The maximum Gasteiger partial charge on any atom is 0.256 e.